The third-order valence-corrected chi connectivity index (χ3v) is 5.42. The molecule has 0 fully saturated rings. The predicted octanol–water partition coefficient (Wildman–Crippen LogP) is 3.39. The molecule has 0 aliphatic heterocycles. The Bertz CT molecular complexity index is 1050. The summed E-state index contributed by atoms with van der Waals surface area (Å²) in [4.78, 5) is 11.9. The molecule has 0 spiro atoms. The molecule has 0 radical (unpaired) electrons. The van der Waals surface area contributed by atoms with Crippen molar-refractivity contribution in [3.63, 3.8) is 0 Å². The Morgan fingerprint density at radius 3 is 2.41 bits per heavy atom. The molecule has 27 heavy (non-hydrogen) atoms. The third-order valence-electron chi connectivity index (χ3n) is 3.97. The van der Waals surface area contributed by atoms with Crippen molar-refractivity contribution in [2.45, 2.75) is 17.9 Å². The first-order valence-corrected chi connectivity index (χ1v) is 9.81. The average molecular weight is 387 g/mol. The van der Waals surface area contributed by atoms with E-state index in [4.69, 9.17) is 4.74 Å². The fraction of sp³-hybridized carbons (Fsp3) is 0.150. The van der Waals surface area contributed by atoms with Crippen LogP contribution in [0.1, 0.15) is 12.0 Å². The zero-order valence-electron chi connectivity index (χ0n) is 14.4. The summed E-state index contributed by atoms with van der Waals surface area (Å²) in [7, 11) is -3.72. The van der Waals surface area contributed by atoms with Crippen molar-refractivity contribution in [2.75, 3.05) is 6.54 Å². The fourth-order valence-electron chi connectivity index (χ4n) is 2.52. The Balaban J connectivity index is 1.52. The molecule has 0 bridgehead atoms. The Morgan fingerprint density at radius 2 is 1.67 bits per heavy atom. The van der Waals surface area contributed by atoms with E-state index < -0.39 is 16.0 Å². The predicted molar refractivity (Wildman–Crippen MR) is 99.9 cm³/mol. The topological polar surface area (TPSA) is 72.5 Å². The minimum absolute atomic E-state index is 0.0105. The Labute approximate surface area is 156 Å². The first-order valence-electron chi connectivity index (χ1n) is 8.32. The van der Waals surface area contributed by atoms with Crippen molar-refractivity contribution < 1.29 is 22.3 Å². The van der Waals surface area contributed by atoms with Gasteiger partial charge in [-0.2, -0.15) is 0 Å². The van der Waals surface area contributed by atoms with Crippen LogP contribution in [0.15, 0.2) is 71.6 Å². The molecule has 0 unspecified atom stereocenters. The molecule has 140 valence electrons. The summed E-state index contributed by atoms with van der Waals surface area (Å²) >= 11 is 0. The van der Waals surface area contributed by atoms with Gasteiger partial charge < -0.3 is 4.74 Å². The van der Waals surface area contributed by atoms with Gasteiger partial charge in [0.15, 0.2) is 0 Å². The van der Waals surface area contributed by atoms with Gasteiger partial charge in [0.25, 0.3) is 0 Å². The van der Waals surface area contributed by atoms with Gasteiger partial charge in [0, 0.05) is 6.54 Å². The van der Waals surface area contributed by atoms with Crippen LogP contribution in [0.5, 0.6) is 0 Å². The number of halogens is 1. The van der Waals surface area contributed by atoms with Crippen LogP contribution in [-0.2, 0) is 26.2 Å². The van der Waals surface area contributed by atoms with E-state index >= 15 is 0 Å². The number of hydrogen-bond donors (Lipinski definition) is 1. The van der Waals surface area contributed by atoms with E-state index in [-0.39, 0.29) is 30.3 Å². The third kappa shape index (κ3) is 5.12. The molecule has 0 aromatic heterocycles. The number of carbonyl (C=O) groups excluding carboxylic acids is 1. The first-order chi connectivity index (χ1) is 12.9. The van der Waals surface area contributed by atoms with Gasteiger partial charge in [0.05, 0.1) is 11.3 Å². The second-order valence-electron chi connectivity index (χ2n) is 5.94. The number of fused-ring (bicyclic) bond motifs is 1. The molecule has 0 aliphatic carbocycles. The lowest BCUT2D eigenvalue weighted by Crippen LogP contribution is -2.26. The molecule has 5 nitrogen and oxygen atoms in total. The van der Waals surface area contributed by atoms with Crippen molar-refractivity contribution in [1.82, 2.24) is 4.72 Å². The van der Waals surface area contributed by atoms with E-state index in [1.54, 1.807) is 12.1 Å². The van der Waals surface area contributed by atoms with Crippen molar-refractivity contribution in [3.05, 3.63) is 78.1 Å². The molecule has 3 aromatic rings. The SMILES string of the molecule is O=C(CCNS(=O)(=O)c1ccc2ccccc2c1)OCc1ccc(F)cc1. The van der Waals surface area contributed by atoms with Crippen LogP contribution in [-0.4, -0.2) is 20.9 Å². The summed E-state index contributed by atoms with van der Waals surface area (Å²) < 4.78 is 45.0. The van der Waals surface area contributed by atoms with Gasteiger partial charge in [-0.25, -0.2) is 17.5 Å². The number of sulfonamides is 1. The second kappa shape index (κ2) is 8.28. The zero-order valence-corrected chi connectivity index (χ0v) is 15.2. The minimum atomic E-state index is -3.72. The Kier molecular flexibility index (Phi) is 5.83. The van der Waals surface area contributed by atoms with Crippen molar-refractivity contribution in [1.29, 1.82) is 0 Å². The molecule has 0 heterocycles. The normalized spacial score (nSPS) is 11.4. The van der Waals surface area contributed by atoms with Crippen LogP contribution in [0.4, 0.5) is 4.39 Å². The van der Waals surface area contributed by atoms with Crippen LogP contribution in [0.3, 0.4) is 0 Å². The number of nitrogens with one attached hydrogen (secondary N) is 1. The second-order valence-corrected chi connectivity index (χ2v) is 7.71. The van der Waals surface area contributed by atoms with Crippen LogP contribution in [0.25, 0.3) is 10.8 Å². The maximum Gasteiger partial charge on any atom is 0.307 e. The van der Waals surface area contributed by atoms with Gasteiger partial charge in [-0.15, -0.1) is 0 Å². The summed E-state index contributed by atoms with van der Waals surface area (Å²) in [6, 6.07) is 17.9. The van der Waals surface area contributed by atoms with E-state index in [1.165, 1.54) is 30.3 Å². The summed E-state index contributed by atoms with van der Waals surface area (Å²) in [5, 5.41) is 1.76. The zero-order chi connectivity index (χ0) is 19.3. The highest BCUT2D eigenvalue weighted by Gasteiger charge is 2.15. The molecular weight excluding hydrogens is 369 g/mol. The van der Waals surface area contributed by atoms with Crippen molar-refractivity contribution >= 4 is 26.8 Å². The fourth-order valence-corrected chi connectivity index (χ4v) is 3.59. The van der Waals surface area contributed by atoms with Gasteiger partial charge in [-0.3, -0.25) is 4.79 Å². The quantitative estimate of drug-likeness (QED) is 0.631. The maximum atomic E-state index is 12.8. The average Bonchev–Trinajstić information content (AvgIpc) is 2.67. The monoisotopic (exact) mass is 387 g/mol. The van der Waals surface area contributed by atoms with Crippen molar-refractivity contribution in [2.24, 2.45) is 0 Å². The Hall–Kier alpha value is -2.77. The van der Waals surface area contributed by atoms with E-state index in [0.717, 1.165) is 10.8 Å². The lowest BCUT2D eigenvalue weighted by Gasteiger charge is -2.08. The minimum Gasteiger partial charge on any atom is -0.461 e. The maximum absolute atomic E-state index is 12.8. The molecule has 7 heteroatoms. The lowest BCUT2D eigenvalue weighted by molar-refractivity contribution is -0.144. The summed E-state index contributed by atoms with van der Waals surface area (Å²) in [5.41, 5.74) is 0.654. The molecule has 0 atom stereocenters. The van der Waals surface area contributed by atoms with Crippen LogP contribution in [0, 0.1) is 5.82 Å². The highest BCUT2D eigenvalue weighted by molar-refractivity contribution is 7.89. The van der Waals surface area contributed by atoms with Crippen molar-refractivity contribution in [3.8, 4) is 0 Å². The Morgan fingerprint density at radius 1 is 0.963 bits per heavy atom. The van der Waals surface area contributed by atoms with Gasteiger partial charge in [0.2, 0.25) is 10.0 Å². The number of hydrogen-bond acceptors (Lipinski definition) is 4. The standard InChI is InChI=1S/C20H18FNO4S/c21-18-8-5-15(6-9-18)14-26-20(23)11-12-22-27(24,25)19-10-7-16-3-1-2-4-17(16)13-19/h1-10,13,22H,11-12,14H2. The molecule has 3 rings (SSSR count). The lowest BCUT2D eigenvalue weighted by atomic mass is 10.1. The molecule has 0 amide bonds. The number of esters is 1. The summed E-state index contributed by atoms with van der Waals surface area (Å²) in [6.45, 7) is -0.0616. The van der Waals surface area contributed by atoms with E-state index in [1.807, 2.05) is 24.3 Å². The highest BCUT2D eigenvalue weighted by atomic mass is 32.2. The van der Waals surface area contributed by atoms with Crippen LogP contribution < -0.4 is 4.72 Å². The van der Waals surface area contributed by atoms with Gasteiger partial charge in [0.1, 0.15) is 12.4 Å². The number of ether oxygens (including phenoxy) is 1. The molecule has 0 saturated carbocycles. The van der Waals surface area contributed by atoms with Crippen LogP contribution >= 0.6 is 0 Å². The molecule has 0 aliphatic rings. The van der Waals surface area contributed by atoms with Gasteiger partial charge in [-0.1, -0.05) is 42.5 Å². The molecule has 0 saturated heterocycles. The highest BCUT2D eigenvalue weighted by Crippen LogP contribution is 2.18. The molecular formula is C20H18FNO4S. The number of rotatable bonds is 7. The summed E-state index contributed by atoms with van der Waals surface area (Å²) in [5.74, 6) is -0.909. The van der Waals surface area contributed by atoms with Crippen LogP contribution in [0.2, 0.25) is 0 Å². The van der Waals surface area contributed by atoms with Gasteiger partial charge in [-0.05, 0) is 40.6 Å². The summed E-state index contributed by atoms with van der Waals surface area (Å²) in [6.07, 6.45) is -0.103. The van der Waals surface area contributed by atoms with E-state index in [2.05, 4.69) is 4.72 Å². The van der Waals surface area contributed by atoms with E-state index in [0.29, 0.717) is 5.56 Å². The smallest absolute Gasteiger partial charge is 0.307 e. The largest absolute Gasteiger partial charge is 0.461 e. The molecule has 1 N–H and O–H groups in total. The number of benzene rings is 3. The van der Waals surface area contributed by atoms with E-state index in [9.17, 15) is 17.6 Å². The first kappa shape index (κ1) is 19.0. The number of carbonyl (C=O) groups is 1. The van der Waals surface area contributed by atoms with Gasteiger partial charge >= 0.3 is 5.97 Å². The molecule has 3 aromatic carbocycles.